The third kappa shape index (κ3) is 3.18. The largest absolute Gasteiger partial charge is 0.345 e. The molecule has 9 heteroatoms. The van der Waals surface area contributed by atoms with Gasteiger partial charge in [0.05, 0.1) is 20.3 Å². The first-order valence-corrected chi connectivity index (χ1v) is 11.0. The van der Waals surface area contributed by atoms with Crippen LogP contribution in [0.25, 0.3) is 10.2 Å². The van der Waals surface area contributed by atoms with Crippen LogP contribution in [-0.2, 0) is 10.0 Å². The van der Waals surface area contributed by atoms with E-state index < -0.39 is 10.0 Å². The topological polar surface area (TPSA) is 53.5 Å². The Kier molecular flexibility index (Phi) is 4.83. The molecule has 4 rings (SSSR count). The second-order valence-electron chi connectivity index (χ2n) is 5.91. The molecule has 0 bridgehead atoms. The minimum atomic E-state index is -3.67. The Morgan fingerprint density at radius 2 is 1.69 bits per heavy atom. The predicted octanol–water partition coefficient (Wildman–Crippen LogP) is 4.11. The van der Waals surface area contributed by atoms with Crippen molar-refractivity contribution < 1.29 is 8.42 Å². The van der Waals surface area contributed by atoms with Gasteiger partial charge in [-0.05, 0) is 24.3 Å². The molecule has 0 aliphatic carbocycles. The van der Waals surface area contributed by atoms with E-state index in [1.165, 1.54) is 10.4 Å². The van der Waals surface area contributed by atoms with Crippen molar-refractivity contribution in [1.82, 2.24) is 9.29 Å². The Balaban J connectivity index is 1.53. The summed E-state index contributed by atoms with van der Waals surface area (Å²) in [5.41, 5.74) is 0.966. The van der Waals surface area contributed by atoms with Gasteiger partial charge in [-0.2, -0.15) is 4.31 Å². The number of para-hydroxylation sites is 1. The van der Waals surface area contributed by atoms with E-state index in [-0.39, 0.29) is 14.9 Å². The SMILES string of the molecule is O=S(=O)(c1cccc(Cl)c1Cl)N1CCN(c2nc3ccccc3s2)CC1. The van der Waals surface area contributed by atoms with Crippen LogP contribution >= 0.6 is 34.5 Å². The Morgan fingerprint density at radius 3 is 2.42 bits per heavy atom. The molecule has 1 aliphatic heterocycles. The van der Waals surface area contributed by atoms with E-state index >= 15 is 0 Å². The molecular formula is C17H15Cl2N3O2S2. The average Bonchev–Trinajstić information content (AvgIpc) is 3.08. The van der Waals surface area contributed by atoms with E-state index in [2.05, 4.69) is 9.88 Å². The zero-order valence-electron chi connectivity index (χ0n) is 13.6. The van der Waals surface area contributed by atoms with Gasteiger partial charge in [0.2, 0.25) is 10.0 Å². The molecule has 2 heterocycles. The lowest BCUT2D eigenvalue weighted by Crippen LogP contribution is -2.48. The molecule has 0 radical (unpaired) electrons. The summed E-state index contributed by atoms with van der Waals surface area (Å²) in [6, 6.07) is 12.6. The summed E-state index contributed by atoms with van der Waals surface area (Å²) in [5, 5.41) is 1.23. The summed E-state index contributed by atoms with van der Waals surface area (Å²) in [7, 11) is -3.67. The summed E-state index contributed by atoms with van der Waals surface area (Å²) in [4.78, 5) is 6.82. The Morgan fingerprint density at radius 1 is 0.962 bits per heavy atom. The standard InChI is InChI=1S/C17H15Cl2N3O2S2/c18-12-4-3-7-15(16(12)19)26(23,24)22-10-8-21(9-11-22)17-20-13-5-1-2-6-14(13)25-17/h1-7H,8-11H2. The van der Waals surface area contributed by atoms with Crippen LogP contribution in [0.1, 0.15) is 0 Å². The number of rotatable bonds is 3. The number of piperazine rings is 1. The van der Waals surface area contributed by atoms with Crippen LogP contribution in [-0.4, -0.2) is 43.9 Å². The van der Waals surface area contributed by atoms with Crippen LogP contribution < -0.4 is 4.90 Å². The van der Waals surface area contributed by atoms with Crippen molar-refractivity contribution in [3.8, 4) is 0 Å². The molecule has 0 saturated carbocycles. The van der Waals surface area contributed by atoms with Crippen LogP contribution in [0.4, 0.5) is 5.13 Å². The van der Waals surface area contributed by atoms with Crippen molar-refractivity contribution in [2.75, 3.05) is 31.1 Å². The van der Waals surface area contributed by atoms with Crippen molar-refractivity contribution >= 4 is 59.9 Å². The highest BCUT2D eigenvalue weighted by Gasteiger charge is 2.31. The fraction of sp³-hybridized carbons (Fsp3) is 0.235. The van der Waals surface area contributed by atoms with Crippen LogP contribution in [0, 0.1) is 0 Å². The van der Waals surface area contributed by atoms with Crippen LogP contribution in [0.15, 0.2) is 47.4 Å². The van der Waals surface area contributed by atoms with Crippen molar-refractivity contribution in [2.24, 2.45) is 0 Å². The normalized spacial score (nSPS) is 16.3. The highest BCUT2D eigenvalue weighted by molar-refractivity contribution is 7.89. The first kappa shape index (κ1) is 18.0. The van der Waals surface area contributed by atoms with Gasteiger partial charge in [-0.25, -0.2) is 13.4 Å². The van der Waals surface area contributed by atoms with Gasteiger partial charge in [0.1, 0.15) is 4.90 Å². The average molecular weight is 428 g/mol. The molecule has 0 amide bonds. The molecule has 1 fully saturated rings. The van der Waals surface area contributed by atoms with Gasteiger partial charge in [-0.1, -0.05) is 52.7 Å². The highest BCUT2D eigenvalue weighted by Crippen LogP contribution is 2.33. The van der Waals surface area contributed by atoms with E-state index in [1.807, 2.05) is 24.3 Å². The molecule has 3 aromatic rings. The van der Waals surface area contributed by atoms with Gasteiger partial charge in [0, 0.05) is 26.2 Å². The second kappa shape index (κ2) is 6.98. The first-order valence-electron chi connectivity index (χ1n) is 8.01. The molecule has 5 nitrogen and oxygen atoms in total. The summed E-state index contributed by atoms with van der Waals surface area (Å²) in [5.74, 6) is 0. The summed E-state index contributed by atoms with van der Waals surface area (Å²) >= 11 is 13.7. The number of anilines is 1. The van der Waals surface area contributed by atoms with Gasteiger partial charge < -0.3 is 4.90 Å². The number of benzene rings is 2. The lowest BCUT2D eigenvalue weighted by molar-refractivity contribution is 0.385. The van der Waals surface area contributed by atoms with E-state index in [0.29, 0.717) is 26.2 Å². The minimum absolute atomic E-state index is 0.0557. The minimum Gasteiger partial charge on any atom is -0.345 e. The Bertz CT molecular complexity index is 1030. The van der Waals surface area contributed by atoms with E-state index in [1.54, 1.807) is 23.5 Å². The molecule has 0 spiro atoms. The Hall–Kier alpha value is -1.38. The zero-order valence-corrected chi connectivity index (χ0v) is 16.7. The van der Waals surface area contributed by atoms with Gasteiger partial charge in [-0.3, -0.25) is 0 Å². The smallest absolute Gasteiger partial charge is 0.244 e. The summed E-state index contributed by atoms with van der Waals surface area (Å²) in [6.07, 6.45) is 0. The van der Waals surface area contributed by atoms with Gasteiger partial charge in [0.15, 0.2) is 5.13 Å². The number of sulfonamides is 1. The maximum absolute atomic E-state index is 12.9. The third-order valence-electron chi connectivity index (χ3n) is 4.33. The number of hydrogen-bond donors (Lipinski definition) is 0. The lowest BCUT2D eigenvalue weighted by Gasteiger charge is -2.33. The fourth-order valence-corrected chi connectivity index (χ4v) is 6.11. The molecular weight excluding hydrogens is 413 g/mol. The molecule has 136 valence electrons. The number of hydrogen-bond acceptors (Lipinski definition) is 5. The fourth-order valence-electron chi connectivity index (χ4n) is 2.94. The molecule has 2 aromatic carbocycles. The number of halogens is 2. The number of aromatic nitrogens is 1. The van der Waals surface area contributed by atoms with Crippen LogP contribution in [0.3, 0.4) is 0 Å². The summed E-state index contributed by atoms with van der Waals surface area (Å²) in [6.45, 7) is 1.91. The number of fused-ring (bicyclic) bond motifs is 1. The van der Waals surface area contributed by atoms with Gasteiger partial charge >= 0.3 is 0 Å². The molecule has 1 aromatic heterocycles. The van der Waals surface area contributed by atoms with E-state index in [0.717, 1.165) is 15.3 Å². The Labute approximate surface area is 165 Å². The molecule has 26 heavy (non-hydrogen) atoms. The van der Waals surface area contributed by atoms with Crippen LogP contribution in [0.5, 0.6) is 0 Å². The van der Waals surface area contributed by atoms with E-state index in [4.69, 9.17) is 23.2 Å². The van der Waals surface area contributed by atoms with E-state index in [9.17, 15) is 8.42 Å². The van der Waals surface area contributed by atoms with Crippen LogP contribution in [0.2, 0.25) is 10.0 Å². The number of nitrogens with zero attached hydrogens (tertiary/aromatic N) is 3. The second-order valence-corrected chi connectivity index (χ2v) is 9.61. The van der Waals surface area contributed by atoms with Crippen molar-refractivity contribution in [1.29, 1.82) is 0 Å². The zero-order chi connectivity index (χ0) is 18.3. The van der Waals surface area contributed by atoms with Gasteiger partial charge in [-0.15, -0.1) is 0 Å². The predicted molar refractivity (Wildman–Crippen MR) is 107 cm³/mol. The molecule has 1 saturated heterocycles. The summed E-state index contributed by atoms with van der Waals surface area (Å²) < 4.78 is 28.4. The third-order valence-corrected chi connectivity index (χ3v) is 8.29. The van der Waals surface area contributed by atoms with Crippen molar-refractivity contribution in [3.63, 3.8) is 0 Å². The maximum Gasteiger partial charge on any atom is 0.244 e. The van der Waals surface area contributed by atoms with Gasteiger partial charge in [0.25, 0.3) is 0 Å². The monoisotopic (exact) mass is 427 g/mol. The molecule has 0 N–H and O–H groups in total. The van der Waals surface area contributed by atoms with Crippen molar-refractivity contribution in [3.05, 3.63) is 52.5 Å². The first-order chi connectivity index (χ1) is 12.5. The molecule has 0 atom stereocenters. The van der Waals surface area contributed by atoms with Crippen molar-refractivity contribution in [2.45, 2.75) is 4.90 Å². The lowest BCUT2D eigenvalue weighted by atomic mass is 10.3. The quantitative estimate of drug-likeness (QED) is 0.630. The highest BCUT2D eigenvalue weighted by atomic mass is 35.5. The molecule has 0 unspecified atom stereocenters. The maximum atomic E-state index is 12.9. The number of thiazole rings is 1. The molecule has 1 aliphatic rings.